The number of rotatable bonds is 7. The number of carbonyl (C=O) groups is 1. The number of nitrogens with zero attached hydrogens (tertiary/aromatic N) is 1. The highest BCUT2D eigenvalue weighted by atomic mass is 16.2. The molecule has 0 bridgehead atoms. The Morgan fingerprint density at radius 1 is 1.29 bits per heavy atom. The minimum Gasteiger partial charge on any atom is -0.344 e. The lowest BCUT2D eigenvalue weighted by Crippen LogP contribution is -2.42. The van der Waals surface area contributed by atoms with E-state index >= 15 is 0 Å². The fourth-order valence-corrected chi connectivity index (χ4v) is 1.43. The molecule has 0 rings (SSSR count). The molecule has 0 unspecified atom stereocenters. The molecule has 84 valence electrons. The van der Waals surface area contributed by atoms with Gasteiger partial charge in [0.15, 0.2) is 0 Å². The number of carbonyl (C=O) groups excluding carboxylic acids is 1. The van der Waals surface area contributed by atoms with Gasteiger partial charge < -0.3 is 10.6 Å². The monoisotopic (exact) mass is 200 g/mol. The van der Waals surface area contributed by atoms with Crippen molar-refractivity contribution >= 4 is 5.91 Å². The van der Waals surface area contributed by atoms with E-state index in [1.165, 1.54) is 12.8 Å². The molecule has 0 saturated heterocycles. The molecule has 0 aliphatic rings. The lowest BCUT2D eigenvalue weighted by Gasteiger charge is -2.20. The van der Waals surface area contributed by atoms with Crippen LogP contribution in [0.2, 0.25) is 0 Å². The second-order valence-corrected chi connectivity index (χ2v) is 3.86. The van der Waals surface area contributed by atoms with E-state index in [-0.39, 0.29) is 11.9 Å². The fraction of sp³-hybridized carbons (Fsp3) is 0.909. The summed E-state index contributed by atoms with van der Waals surface area (Å²) in [6, 6.07) is -0.299. The average Bonchev–Trinajstić information content (AvgIpc) is 2.17. The van der Waals surface area contributed by atoms with Gasteiger partial charge in [-0.2, -0.15) is 0 Å². The highest BCUT2D eigenvalue weighted by molar-refractivity contribution is 5.81. The predicted molar refractivity (Wildman–Crippen MR) is 60.0 cm³/mol. The second-order valence-electron chi connectivity index (χ2n) is 3.86. The highest BCUT2D eigenvalue weighted by Gasteiger charge is 2.15. The number of amides is 1. The van der Waals surface area contributed by atoms with Gasteiger partial charge in [-0.25, -0.2) is 0 Å². The molecule has 0 radical (unpaired) electrons. The third-order valence-corrected chi connectivity index (χ3v) is 2.39. The molecule has 0 saturated carbocycles. The Kier molecular flexibility index (Phi) is 7.48. The average molecular weight is 200 g/mol. The van der Waals surface area contributed by atoms with Gasteiger partial charge in [-0.15, -0.1) is 0 Å². The third-order valence-electron chi connectivity index (χ3n) is 2.39. The maximum absolute atomic E-state index is 11.6. The number of likely N-dealkylation sites (N-methyl/N-ethyl adjacent to an activating group) is 1. The van der Waals surface area contributed by atoms with Gasteiger partial charge in [0.2, 0.25) is 5.91 Å². The molecule has 0 aromatic carbocycles. The minimum absolute atomic E-state index is 0.0861. The van der Waals surface area contributed by atoms with Crippen LogP contribution in [0.1, 0.15) is 46.0 Å². The zero-order valence-electron chi connectivity index (χ0n) is 9.75. The summed E-state index contributed by atoms with van der Waals surface area (Å²) >= 11 is 0. The lowest BCUT2D eigenvalue weighted by atomic mass is 10.1. The van der Waals surface area contributed by atoms with Gasteiger partial charge in [-0.3, -0.25) is 4.79 Å². The Hall–Kier alpha value is -0.570. The van der Waals surface area contributed by atoms with Crippen molar-refractivity contribution in [3.63, 3.8) is 0 Å². The Balaban J connectivity index is 3.74. The fourth-order valence-electron chi connectivity index (χ4n) is 1.43. The van der Waals surface area contributed by atoms with E-state index in [2.05, 4.69) is 6.92 Å². The Bertz CT molecular complexity index is 159. The summed E-state index contributed by atoms with van der Waals surface area (Å²) in [5.74, 6) is 0.0861. The van der Waals surface area contributed by atoms with Gasteiger partial charge in [-0.1, -0.05) is 33.1 Å². The van der Waals surface area contributed by atoms with Crippen LogP contribution in [0.3, 0.4) is 0 Å². The van der Waals surface area contributed by atoms with Crippen LogP contribution in [0.4, 0.5) is 0 Å². The van der Waals surface area contributed by atoms with Crippen LogP contribution in [0, 0.1) is 0 Å². The topological polar surface area (TPSA) is 46.3 Å². The molecule has 1 atom stereocenters. The molecule has 1 amide bonds. The Morgan fingerprint density at radius 3 is 2.43 bits per heavy atom. The smallest absolute Gasteiger partial charge is 0.239 e. The highest BCUT2D eigenvalue weighted by Crippen LogP contribution is 2.01. The van der Waals surface area contributed by atoms with Gasteiger partial charge in [0.1, 0.15) is 0 Å². The van der Waals surface area contributed by atoms with Gasteiger partial charge in [0, 0.05) is 13.6 Å². The first-order valence-corrected chi connectivity index (χ1v) is 5.64. The first kappa shape index (κ1) is 13.4. The summed E-state index contributed by atoms with van der Waals surface area (Å²) in [5, 5.41) is 0. The van der Waals surface area contributed by atoms with E-state index in [9.17, 15) is 4.79 Å². The molecule has 14 heavy (non-hydrogen) atoms. The lowest BCUT2D eigenvalue weighted by molar-refractivity contribution is -0.131. The zero-order valence-corrected chi connectivity index (χ0v) is 9.75. The van der Waals surface area contributed by atoms with Crippen molar-refractivity contribution in [2.24, 2.45) is 5.73 Å². The van der Waals surface area contributed by atoms with Crippen LogP contribution in [-0.4, -0.2) is 30.4 Å². The van der Waals surface area contributed by atoms with Gasteiger partial charge in [0.05, 0.1) is 6.04 Å². The molecule has 0 aromatic rings. The standard InChI is InChI=1S/C11H24N2O/c1-4-6-7-9-13(3)11(14)10(12)8-5-2/h10H,4-9,12H2,1-3H3/t10-/m0/s1. The molecule has 0 fully saturated rings. The summed E-state index contributed by atoms with van der Waals surface area (Å²) in [6.45, 7) is 5.04. The normalized spacial score (nSPS) is 12.6. The quantitative estimate of drug-likeness (QED) is 0.637. The molecule has 3 nitrogen and oxygen atoms in total. The van der Waals surface area contributed by atoms with E-state index in [4.69, 9.17) is 5.73 Å². The molecule has 0 aliphatic carbocycles. The van der Waals surface area contributed by atoms with E-state index < -0.39 is 0 Å². The number of nitrogens with two attached hydrogens (primary N) is 1. The van der Waals surface area contributed by atoms with E-state index in [0.29, 0.717) is 0 Å². The van der Waals surface area contributed by atoms with Crippen molar-refractivity contribution < 1.29 is 4.79 Å². The van der Waals surface area contributed by atoms with Gasteiger partial charge >= 0.3 is 0 Å². The van der Waals surface area contributed by atoms with Gasteiger partial charge in [0.25, 0.3) is 0 Å². The van der Waals surface area contributed by atoms with E-state index in [1.54, 1.807) is 4.90 Å². The molecule has 2 N–H and O–H groups in total. The predicted octanol–water partition coefficient (Wildman–Crippen LogP) is 1.76. The van der Waals surface area contributed by atoms with E-state index in [1.807, 2.05) is 14.0 Å². The molecular formula is C11H24N2O. The SMILES string of the molecule is CCCCCN(C)C(=O)[C@@H](N)CCC. The summed E-state index contributed by atoms with van der Waals surface area (Å²) in [6.07, 6.45) is 5.20. The Morgan fingerprint density at radius 2 is 1.93 bits per heavy atom. The molecule has 0 spiro atoms. The molecule has 3 heteroatoms. The third kappa shape index (κ3) is 5.22. The van der Waals surface area contributed by atoms with Gasteiger partial charge in [-0.05, 0) is 12.8 Å². The van der Waals surface area contributed by atoms with Crippen molar-refractivity contribution in [2.45, 2.75) is 52.0 Å². The van der Waals surface area contributed by atoms with Crippen molar-refractivity contribution in [1.29, 1.82) is 0 Å². The maximum Gasteiger partial charge on any atom is 0.239 e. The van der Waals surface area contributed by atoms with Crippen molar-refractivity contribution in [1.82, 2.24) is 4.90 Å². The van der Waals surface area contributed by atoms with Crippen molar-refractivity contribution in [2.75, 3.05) is 13.6 Å². The van der Waals surface area contributed by atoms with Crippen molar-refractivity contribution in [3.05, 3.63) is 0 Å². The first-order valence-electron chi connectivity index (χ1n) is 5.64. The van der Waals surface area contributed by atoms with Crippen LogP contribution in [0.25, 0.3) is 0 Å². The zero-order chi connectivity index (χ0) is 11.0. The van der Waals surface area contributed by atoms with Crippen molar-refractivity contribution in [3.8, 4) is 0 Å². The number of hydrogen-bond donors (Lipinski definition) is 1. The summed E-state index contributed by atoms with van der Waals surface area (Å²) in [4.78, 5) is 13.4. The Labute approximate surface area is 87.6 Å². The molecular weight excluding hydrogens is 176 g/mol. The number of hydrogen-bond acceptors (Lipinski definition) is 2. The van der Waals surface area contributed by atoms with E-state index in [0.717, 1.165) is 25.8 Å². The molecule has 0 aliphatic heterocycles. The van der Waals surface area contributed by atoms with Crippen LogP contribution < -0.4 is 5.73 Å². The summed E-state index contributed by atoms with van der Waals surface area (Å²) in [5.41, 5.74) is 5.74. The molecule has 0 heterocycles. The van der Waals surface area contributed by atoms with Crippen LogP contribution in [-0.2, 0) is 4.79 Å². The van der Waals surface area contributed by atoms with Crippen LogP contribution in [0.15, 0.2) is 0 Å². The summed E-state index contributed by atoms with van der Waals surface area (Å²) < 4.78 is 0. The van der Waals surface area contributed by atoms with Crippen LogP contribution >= 0.6 is 0 Å². The van der Waals surface area contributed by atoms with Crippen LogP contribution in [0.5, 0.6) is 0 Å². The largest absolute Gasteiger partial charge is 0.344 e. The maximum atomic E-state index is 11.6. The minimum atomic E-state index is -0.299. The summed E-state index contributed by atoms with van der Waals surface area (Å²) in [7, 11) is 1.84. The number of unbranched alkanes of at least 4 members (excludes halogenated alkanes) is 2. The second kappa shape index (κ2) is 7.80. The molecule has 0 aromatic heterocycles. The first-order chi connectivity index (χ1) is 6.63.